The van der Waals surface area contributed by atoms with Crippen LogP contribution in [-0.2, 0) is 6.42 Å². The Kier molecular flexibility index (Phi) is 5.11. The number of pyridine rings is 1. The third kappa shape index (κ3) is 3.88. The molecule has 102 valence electrons. The molecule has 2 nitrogen and oxygen atoms in total. The fourth-order valence-electron chi connectivity index (χ4n) is 2.30. The molecule has 1 N–H and O–H groups in total. The van der Waals surface area contributed by atoms with Gasteiger partial charge in [0.15, 0.2) is 0 Å². The maximum absolute atomic E-state index is 4.65. The van der Waals surface area contributed by atoms with Crippen LogP contribution in [0, 0.1) is 13.8 Å². The fourth-order valence-corrected chi connectivity index (χ4v) is 3.06. The third-order valence-corrected chi connectivity index (χ3v) is 4.11. The van der Waals surface area contributed by atoms with Crippen LogP contribution in [0.5, 0.6) is 0 Å². The van der Waals surface area contributed by atoms with E-state index in [1.165, 1.54) is 21.7 Å². The van der Waals surface area contributed by atoms with Crippen molar-refractivity contribution in [2.24, 2.45) is 0 Å². The van der Waals surface area contributed by atoms with Crippen LogP contribution in [0.25, 0.3) is 0 Å². The van der Waals surface area contributed by atoms with E-state index in [0.717, 1.165) is 19.4 Å². The Morgan fingerprint density at radius 1 is 1.37 bits per heavy atom. The Hall–Kier alpha value is -1.19. The zero-order valence-corrected chi connectivity index (χ0v) is 12.8. The summed E-state index contributed by atoms with van der Waals surface area (Å²) in [7, 11) is 0. The van der Waals surface area contributed by atoms with Crippen molar-refractivity contribution in [3.05, 3.63) is 51.5 Å². The van der Waals surface area contributed by atoms with Gasteiger partial charge in [-0.15, -0.1) is 11.3 Å². The molecule has 0 spiro atoms. The highest BCUT2D eigenvalue weighted by molar-refractivity contribution is 7.09. The summed E-state index contributed by atoms with van der Waals surface area (Å²) >= 11 is 1.82. The molecule has 2 rings (SSSR count). The van der Waals surface area contributed by atoms with Gasteiger partial charge in [0.2, 0.25) is 0 Å². The molecule has 0 aromatic carbocycles. The number of thiophene rings is 1. The van der Waals surface area contributed by atoms with Crippen molar-refractivity contribution in [1.82, 2.24) is 10.3 Å². The summed E-state index contributed by atoms with van der Waals surface area (Å²) in [6.45, 7) is 7.48. The van der Waals surface area contributed by atoms with Crippen molar-refractivity contribution in [2.45, 2.75) is 39.7 Å². The number of nitrogens with one attached hydrogen (secondary N) is 1. The lowest BCUT2D eigenvalue weighted by atomic mass is 10.0. The first-order valence-electron chi connectivity index (χ1n) is 6.89. The van der Waals surface area contributed by atoms with Crippen molar-refractivity contribution >= 4 is 11.3 Å². The zero-order chi connectivity index (χ0) is 13.7. The lowest BCUT2D eigenvalue weighted by Gasteiger charge is -2.19. The monoisotopic (exact) mass is 274 g/mol. The average molecular weight is 274 g/mol. The molecule has 0 saturated carbocycles. The average Bonchev–Trinajstić information content (AvgIpc) is 2.88. The molecule has 19 heavy (non-hydrogen) atoms. The van der Waals surface area contributed by atoms with Gasteiger partial charge in [-0.05, 0) is 49.4 Å². The van der Waals surface area contributed by atoms with E-state index >= 15 is 0 Å². The zero-order valence-electron chi connectivity index (χ0n) is 11.9. The van der Waals surface area contributed by atoms with Crippen molar-refractivity contribution in [2.75, 3.05) is 6.54 Å². The van der Waals surface area contributed by atoms with Gasteiger partial charge >= 0.3 is 0 Å². The van der Waals surface area contributed by atoms with Crippen LogP contribution < -0.4 is 5.32 Å². The summed E-state index contributed by atoms with van der Waals surface area (Å²) in [6.07, 6.45) is 4.14. The van der Waals surface area contributed by atoms with Gasteiger partial charge < -0.3 is 5.32 Å². The molecule has 0 aliphatic heterocycles. The molecule has 0 fully saturated rings. The van der Waals surface area contributed by atoms with Gasteiger partial charge in [-0.1, -0.05) is 19.1 Å². The summed E-state index contributed by atoms with van der Waals surface area (Å²) in [4.78, 5) is 6.07. The van der Waals surface area contributed by atoms with Crippen LogP contribution in [0.15, 0.2) is 29.8 Å². The summed E-state index contributed by atoms with van der Waals surface area (Å²) in [5, 5.41) is 5.77. The molecule has 0 amide bonds. The van der Waals surface area contributed by atoms with Gasteiger partial charge in [-0.3, -0.25) is 4.98 Å². The minimum absolute atomic E-state index is 0.319. The van der Waals surface area contributed by atoms with Gasteiger partial charge in [0, 0.05) is 17.5 Å². The number of rotatable bonds is 6. The fraction of sp³-hybridized carbons (Fsp3) is 0.438. The van der Waals surface area contributed by atoms with Crippen LogP contribution >= 0.6 is 11.3 Å². The van der Waals surface area contributed by atoms with E-state index < -0.39 is 0 Å². The lowest BCUT2D eigenvalue weighted by Crippen LogP contribution is -2.25. The molecule has 1 unspecified atom stereocenters. The maximum atomic E-state index is 4.65. The van der Waals surface area contributed by atoms with E-state index in [0.29, 0.717) is 6.04 Å². The van der Waals surface area contributed by atoms with Crippen molar-refractivity contribution < 1.29 is 0 Å². The van der Waals surface area contributed by atoms with E-state index in [4.69, 9.17) is 0 Å². The van der Waals surface area contributed by atoms with Crippen LogP contribution in [0.1, 0.15) is 41.1 Å². The standard InChI is InChI=1S/C16H22N2S/c1-4-7-17-15(10-14-6-5-8-19-14)16-13(3)9-12(2)11-18-16/h5-6,8-9,11,15,17H,4,7,10H2,1-3H3. The largest absolute Gasteiger partial charge is 0.308 e. The Morgan fingerprint density at radius 2 is 2.21 bits per heavy atom. The molecule has 2 aromatic heterocycles. The van der Waals surface area contributed by atoms with Crippen molar-refractivity contribution in [3.8, 4) is 0 Å². The van der Waals surface area contributed by atoms with E-state index in [2.05, 4.69) is 54.7 Å². The third-order valence-electron chi connectivity index (χ3n) is 3.21. The molecule has 0 aliphatic rings. The van der Waals surface area contributed by atoms with Gasteiger partial charge in [-0.25, -0.2) is 0 Å². The molecule has 0 bridgehead atoms. The molecule has 0 saturated heterocycles. The summed E-state index contributed by atoms with van der Waals surface area (Å²) in [5.74, 6) is 0. The quantitative estimate of drug-likeness (QED) is 0.860. The molecule has 2 heterocycles. The highest BCUT2D eigenvalue weighted by atomic mass is 32.1. The smallest absolute Gasteiger partial charge is 0.0606 e. The highest BCUT2D eigenvalue weighted by Gasteiger charge is 2.15. The van der Waals surface area contributed by atoms with Gasteiger partial charge in [0.1, 0.15) is 0 Å². The van der Waals surface area contributed by atoms with Crippen LogP contribution in [-0.4, -0.2) is 11.5 Å². The van der Waals surface area contributed by atoms with Crippen molar-refractivity contribution in [3.63, 3.8) is 0 Å². The Labute approximate surface area is 119 Å². The van der Waals surface area contributed by atoms with Crippen LogP contribution in [0.2, 0.25) is 0 Å². The summed E-state index contributed by atoms with van der Waals surface area (Å²) in [6, 6.07) is 6.86. The second-order valence-corrected chi connectivity index (χ2v) is 6.04. The number of nitrogens with zero attached hydrogens (tertiary/aromatic N) is 1. The predicted molar refractivity (Wildman–Crippen MR) is 82.8 cm³/mol. The SMILES string of the molecule is CCCNC(Cc1cccs1)c1ncc(C)cc1C. The molecule has 0 radical (unpaired) electrons. The molecular weight excluding hydrogens is 252 g/mol. The van der Waals surface area contributed by atoms with E-state index in [9.17, 15) is 0 Å². The van der Waals surface area contributed by atoms with Gasteiger partial charge in [0.05, 0.1) is 11.7 Å². The van der Waals surface area contributed by atoms with E-state index in [1.807, 2.05) is 17.5 Å². The molecule has 3 heteroatoms. The first kappa shape index (κ1) is 14.2. The number of hydrogen-bond donors (Lipinski definition) is 1. The molecule has 0 aliphatic carbocycles. The van der Waals surface area contributed by atoms with E-state index in [1.54, 1.807) is 0 Å². The molecular formula is C16H22N2S. The van der Waals surface area contributed by atoms with Crippen LogP contribution in [0.3, 0.4) is 0 Å². The highest BCUT2D eigenvalue weighted by Crippen LogP contribution is 2.22. The normalized spacial score (nSPS) is 12.6. The minimum Gasteiger partial charge on any atom is -0.308 e. The van der Waals surface area contributed by atoms with Crippen molar-refractivity contribution in [1.29, 1.82) is 0 Å². The van der Waals surface area contributed by atoms with Gasteiger partial charge in [0.25, 0.3) is 0 Å². The maximum Gasteiger partial charge on any atom is 0.0606 e. The summed E-state index contributed by atoms with van der Waals surface area (Å²) < 4.78 is 0. The second-order valence-electron chi connectivity index (χ2n) is 5.01. The number of hydrogen-bond acceptors (Lipinski definition) is 3. The topological polar surface area (TPSA) is 24.9 Å². The lowest BCUT2D eigenvalue weighted by molar-refractivity contribution is 0.518. The second kappa shape index (κ2) is 6.83. The van der Waals surface area contributed by atoms with Gasteiger partial charge in [-0.2, -0.15) is 0 Å². The Morgan fingerprint density at radius 3 is 2.84 bits per heavy atom. The molecule has 1 atom stereocenters. The Balaban J connectivity index is 2.20. The first-order chi connectivity index (χ1) is 9.20. The first-order valence-corrected chi connectivity index (χ1v) is 7.77. The number of aromatic nitrogens is 1. The number of aryl methyl sites for hydroxylation is 2. The Bertz CT molecular complexity index is 505. The molecule has 2 aromatic rings. The van der Waals surface area contributed by atoms with Crippen LogP contribution in [0.4, 0.5) is 0 Å². The minimum atomic E-state index is 0.319. The summed E-state index contributed by atoms with van der Waals surface area (Å²) in [5.41, 5.74) is 3.70. The predicted octanol–water partition coefficient (Wildman–Crippen LogP) is 4.04. The van der Waals surface area contributed by atoms with E-state index in [-0.39, 0.29) is 0 Å².